The molecule has 1 fully saturated rings. The summed E-state index contributed by atoms with van der Waals surface area (Å²) in [5.74, 6) is -0.607. The fourth-order valence-electron chi connectivity index (χ4n) is 13.6. The smallest absolute Gasteiger partial charge is 0.334 e. The molecule has 0 spiro atoms. The molecule has 0 unspecified atom stereocenters. The number of rotatable bonds is 24. The first kappa shape index (κ1) is 69.6. The number of nitrogens with zero attached hydrogens (tertiary/aromatic N) is 6. The highest BCUT2D eigenvalue weighted by atomic mass is 16.7. The lowest BCUT2D eigenvalue weighted by atomic mass is 9.91. The van der Waals surface area contributed by atoms with Crippen LogP contribution in [0.2, 0.25) is 0 Å². The second-order valence-electron chi connectivity index (χ2n) is 26.4. The quantitative estimate of drug-likeness (QED) is 0.0239. The monoisotopic (exact) mass is 1370 g/mol. The molecule has 2 aliphatic rings. The summed E-state index contributed by atoms with van der Waals surface area (Å²) in [6.07, 6.45) is 6.34. The van der Waals surface area contributed by atoms with E-state index in [9.17, 15) is 19.2 Å². The number of ether oxygens (including phenoxy) is 2. The number of hydrogen-bond acceptors (Lipinski definition) is 16. The molecule has 103 heavy (non-hydrogen) atoms. The van der Waals surface area contributed by atoms with E-state index in [0.717, 1.165) is 97.5 Å². The molecule has 1 aliphatic carbocycles. The Morgan fingerprint density at radius 3 is 1.36 bits per heavy atom. The first-order chi connectivity index (χ1) is 50.0. The predicted molar refractivity (Wildman–Crippen MR) is 401 cm³/mol. The van der Waals surface area contributed by atoms with Crippen molar-refractivity contribution in [3.63, 3.8) is 0 Å². The molecule has 0 atom stereocenters. The molecule has 0 radical (unpaired) electrons. The zero-order valence-corrected chi connectivity index (χ0v) is 58.7. The lowest BCUT2D eigenvalue weighted by Crippen LogP contribution is -2.16. The third-order valence-corrected chi connectivity index (χ3v) is 18.9. The number of ketones is 2. The van der Waals surface area contributed by atoms with E-state index in [1.54, 1.807) is 58.9 Å². The van der Waals surface area contributed by atoms with Gasteiger partial charge in [-0.1, -0.05) is 167 Å². The lowest BCUT2D eigenvalue weighted by Gasteiger charge is -2.19. The van der Waals surface area contributed by atoms with E-state index >= 15 is 9.59 Å². The molecular formula is C85H78N6O12. The van der Waals surface area contributed by atoms with Gasteiger partial charge in [0, 0.05) is 103 Å². The van der Waals surface area contributed by atoms with Crippen molar-refractivity contribution in [1.29, 1.82) is 0 Å². The average Bonchev–Trinajstić information content (AvgIpc) is 1.60. The second-order valence-corrected chi connectivity index (χ2v) is 26.4. The van der Waals surface area contributed by atoms with Crippen molar-refractivity contribution in [2.75, 3.05) is 13.2 Å². The van der Waals surface area contributed by atoms with Crippen LogP contribution >= 0.6 is 0 Å². The minimum absolute atomic E-state index is 0.132. The molecule has 18 heteroatoms. The van der Waals surface area contributed by atoms with Gasteiger partial charge in [-0.2, -0.15) is 0 Å². The van der Waals surface area contributed by atoms with E-state index in [1.165, 1.54) is 0 Å². The largest absolute Gasteiger partial charge is 0.486 e. The Labute approximate surface area is 595 Å². The number of carbonyl (C=O) groups is 6. The van der Waals surface area contributed by atoms with Crippen molar-refractivity contribution in [3.8, 4) is 22.9 Å². The van der Waals surface area contributed by atoms with Crippen LogP contribution in [0, 0.1) is 11.8 Å². The molecule has 1 saturated carbocycles. The highest BCUT2D eigenvalue weighted by molar-refractivity contribution is 6.25. The zero-order chi connectivity index (χ0) is 72.0. The molecule has 0 bridgehead atoms. The van der Waals surface area contributed by atoms with Gasteiger partial charge in [-0.25, -0.2) is 19.2 Å². The third-order valence-electron chi connectivity index (χ3n) is 18.9. The van der Waals surface area contributed by atoms with Crippen LogP contribution in [0.3, 0.4) is 0 Å². The number of fused-ring (bicyclic) bond motifs is 8. The zero-order valence-electron chi connectivity index (χ0n) is 58.7. The van der Waals surface area contributed by atoms with Gasteiger partial charge >= 0.3 is 23.9 Å². The van der Waals surface area contributed by atoms with Gasteiger partial charge in [0.2, 0.25) is 0 Å². The third kappa shape index (κ3) is 14.6. The van der Waals surface area contributed by atoms with Crippen LogP contribution in [-0.4, -0.2) is 80.6 Å². The van der Waals surface area contributed by atoms with Crippen LogP contribution in [0.5, 0.6) is 11.5 Å². The maximum atomic E-state index is 15.5. The van der Waals surface area contributed by atoms with Gasteiger partial charge in [-0.3, -0.25) is 9.59 Å². The summed E-state index contributed by atoms with van der Waals surface area (Å²) in [6.45, 7) is 17.8. The predicted octanol–water partition coefficient (Wildman–Crippen LogP) is 18.1. The summed E-state index contributed by atoms with van der Waals surface area (Å²) in [5, 5.41) is 21.7. The topological polar surface area (TPSA) is 217 Å². The summed E-state index contributed by atoms with van der Waals surface area (Å²) in [4.78, 5) is 102. The van der Waals surface area contributed by atoms with E-state index in [1.807, 2.05) is 152 Å². The van der Waals surface area contributed by atoms with Crippen molar-refractivity contribution < 1.29 is 57.6 Å². The number of allylic oxidation sites excluding steroid dienone is 1. The van der Waals surface area contributed by atoms with Crippen LogP contribution in [-0.2, 0) is 38.5 Å². The first-order valence-corrected chi connectivity index (χ1v) is 35.2. The SMILES string of the molecule is C=C(C)C(=NOC(=O)CC)c1ccc2c(c1)c1cc(C(=O)c3cccc4c(C(=O)c5ccc6c(c5)c5cc(C(CC(C)C)=NOC(=O)CC)ccc5n6-c5ccc(/C(=N/OC(=O)CC)c6ccc7c(c6)OCCO7)cc5)cccc34)ccc1n2-c1ccc(/C(CC2CCCC2)=N/OC(=O)CC)cc1. The molecule has 520 valence electrons. The fourth-order valence-corrected chi connectivity index (χ4v) is 13.6. The molecule has 0 N–H and O–H groups in total. The highest BCUT2D eigenvalue weighted by Gasteiger charge is 2.26. The normalized spacial score (nSPS) is 13.7. The summed E-state index contributed by atoms with van der Waals surface area (Å²) in [7, 11) is 0. The molecule has 1 aliphatic heterocycles. The maximum absolute atomic E-state index is 15.5. The Morgan fingerprint density at radius 2 is 0.864 bits per heavy atom. The van der Waals surface area contributed by atoms with Gasteiger partial charge in [-0.05, 0) is 157 Å². The minimum Gasteiger partial charge on any atom is -0.486 e. The Morgan fingerprint density at radius 1 is 0.447 bits per heavy atom. The molecule has 18 nitrogen and oxygen atoms in total. The first-order valence-electron chi connectivity index (χ1n) is 35.2. The van der Waals surface area contributed by atoms with Crippen LogP contribution in [0.4, 0.5) is 0 Å². The standard InChI is InChI=1S/C85H78N6O12/c1-9-78(92)100-86-70(43-50(5)6)55-27-36-72-66(45-55)68-47-58(29-38-74(68)91(72)61-34-25-54(26-35-61)83(89-103-81(95)12-4)57-31-40-76-77(49-57)99-42-41-98-76)84(96)64-21-15-20-63-62(64)19-16-22-65(63)85(97)59-30-39-75-69(48-59)67-46-56(82(51(7)8)88-102-80(94)11-3)28-37-73(67)90(75)60-32-23-53(24-33-60)71(87-101-79(93)10-2)44-52-17-13-14-18-52/h15-16,19-40,45-50,52H,7,9-14,17-18,41-44H2,1-6,8H3/b86-70?,87-71+,88-82?,89-83-. The van der Waals surface area contributed by atoms with Gasteiger partial charge in [0.25, 0.3) is 0 Å². The maximum Gasteiger partial charge on any atom is 0.334 e. The summed E-state index contributed by atoms with van der Waals surface area (Å²) < 4.78 is 16.0. The van der Waals surface area contributed by atoms with Crippen LogP contribution in [0.1, 0.15) is 172 Å². The van der Waals surface area contributed by atoms with Gasteiger partial charge in [-0.15, -0.1) is 0 Å². The molecule has 0 saturated heterocycles. The summed E-state index contributed by atoms with van der Waals surface area (Å²) in [6, 6.07) is 55.3. The van der Waals surface area contributed by atoms with Crippen LogP contribution in [0.15, 0.2) is 209 Å². The van der Waals surface area contributed by atoms with Crippen molar-refractivity contribution in [1.82, 2.24) is 9.13 Å². The Bertz CT molecular complexity index is 5350. The minimum atomic E-state index is -0.492. The number of carbonyl (C=O) groups excluding carboxylic acids is 6. The van der Waals surface area contributed by atoms with Gasteiger partial charge < -0.3 is 38.0 Å². The van der Waals surface area contributed by atoms with E-state index in [4.69, 9.17) is 28.8 Å². The van der Waals surface area contributed by atoms with Crippen molar-refractivity contribution in [3.05, 3.63) is 238 Å². The Hall–Kier alpha value is -11.9. The molecule has 11 aromatic rings. The van der Waals surface area contributed by atoms with Crippen molar-refractivity contribution in [2.45, 2.75) is 113 Å². The molecule has 0 amide bonds. The molecule has 9 aromatic carbocycles. The molecule has 3 heterocycles. The van der Waals surface area contributed by atoms with Gasteiger partial charge in [0.05, 0.1) is 33.5 Å². The molecular weight excluding hydrogens is 1300 g/mol. The van der Waals surface area contributed by atoms with Gasteiger partial charge in [0.1, 0.15) is 24.6 Å². The average molecular weight is 1380 g/mol. The molecule has 2 aromatic heterocycles. The van der Waals surface area contributed by atoms with Crippen LogP contribution < -0.4 is 9.47 Å². The number of oxime groups is 4. The van der Waals surface area contributed by atoms with Gasteiger partial charge in [0.15, 0.2) is 23.1 Å². The van der Waals surface area contributed by atoms with E-state index in [-0.39, 0.29) is 43.2 Å². The Balaban J connectivity index is 0.887. The molecule has 13 rings (SSSR count). The van der Waals surface area contributed by atoms with E-state index in [2.05, 4.69) is 50.2 Å². The number of benzene rings is 9. The lowest BCUT2D eigenvalue weighted by molar-refractivity contribution is -0.144. The van der Waals surface area contributed by atoms with E-state index in [0.29, 0.717) is 116 Å². The fraction of sp³-hybridized carbons (Fsp3) is 0.247. The second kappa shape index (κ2) is 30.5. The Kier molecular flexibility index (Phi) is 20.6. The number of hydrogen-bond donors (Lipinski definition) is 0. The van der Waals surface area contributed by atoms with Crippen molar-refractivity contribution in [2.24, 2.45) is 32.5 Å². The van der Waals surface area contributed by atoms with E-state index < -0.39 is 23.9 Å². The summed E-state index contributed by atoms with van der Waals surface area (Å²) in [5.41, 5.74) is 12.7. The van der Waals surface area contributed by atoms with Crippen LogP contribution in [0.25, 0.3) is 65.8 Å². The number of aromatic nitrogens is 2. The highest BCUT2D eigenvalue weighted by Crippen LogP contribution is 2.40. The van der Waals surface area contributed by atoms with Crippen molar-refractivity contribution >= 4 is 113 Å². The summed E-state index contributed by atoms with van der Waals surface area (Å²) >= 11 is 0.